The molecule has 21 heavy (non-hydrogen) atoms. The van der Waals surface area contributed by atoms with Gasteiger partial charge >= 0.3 is 0 Å². The van der Waals surface area contributed by atoms with Crippen molar-refractivity contribution in [3.63, 3.8) is 0 Å². The van der Waals surface area contributed by atoms with Crippen LogP contribution in [-0.2, 0) is 0 Å². The maximum absolute atomic E-state index is 4.01. The summed E-state index contributed by atoms with van der Waals surface area (Å²) in [5, 5.41) is 0. The molecule has 0 aliphatic rings. The summed E-state index contributed by atoms with van der Waals surface area (Å²) in [6, 6.07) is 5.42. The molecule has 128 valence electrons. The lowest BCUT2D eigenvalue weighted by molar-refractivity contribution is 0.558. The lowest BCUT2D eigenvalue weighted by Crippen LogP contribution is -2.77. The molecule has 0 aromatic carbocycles. The minimum Gasteiger partial charge on any atom is -0.326 e. The van der Waals surface area contributed by atoms with Gasteiger partial charge in [-0.1, -0.05) is 61.3 Å². The van der Waals surface area contributed by atoms with E-state index in [1.807, 2.05) is 0 Å². The van der Waals surface area contributed by atoms with Gasteiger partial charge < -0.3 is 14.2 Å². The maximum atomic E-state index is 4.01. The lowest BCUT2D eigenvalue weighted by Gasteiger charge is -2.52. The van der Waals surface area contributed by atoms with Crippen molar-refractivity contribution in [2.75, 3.05) is 19.6 Å². The molecule has 0 amide bonds. The highest BCUT2D eigenvalue weighted by Gasteiger charge is 2.48. The Balaban J connectivity index is 5.70. The van der Waals surface area contributed by atoms with Crippen molar-refractivity contribution < 1.29 is 0 Å². The fraction of sp³-hybridized carbons (Fsp3) is 1.00. The van der Waals surface area contributed by atoms with Crippen LogP contribution in [0.4, 0.5) is 0 Å². The first kappa shape index (κ1) is 21.3. The van der Waals surface area contributed by atoms with Crippen molar-refractivity contribution in [2.24, 2.45) is 0 Å². The molecule has 0 aromatic heterocycles. The first-order valence-electron chi connectivity index (χ1n) is 9.33. The second kappa shape index (κ2) is 10.9. The molecule has 2 N–H and O–H groups in total. The molecular weight excluding hydrogens is 290 g/mol. The molecule has 0 heterocycles. The average Bonchev–Trinajstić information content (AvgIpc) is 2.48. The SMILES string of the molecule is CCC[Si](CC)(NCC)N(CC)[Si](CC)(CCC)NCC. The Morgan fingerprint density at radius 2 is 1.05 bits per heavy atom. The van der Waals surface area contributed by atoms with Crippen LogP contribution in [0, 0.1) is 0 Å². The zero-order valence-electron chi connectivity index (χ0n) is 15.8. The van der Waals surface area contributed by atoms with Crippen molar-refractivity contribution in [2.45, 2.75) is 85.5 Å². The Kier molecular flexibility index (Phi) is 11.1. The van der Waals surface area contributed by atoms with Crippen LogP contribution in [0.5, 0.6) is 0 Å². The van der Waals surface area contributed by atoms with E-state index >= 15 is 0 Å². The van der Waals surface area contributed by atoms with Crippen molar-refractivity contribution >= 4 is 16.8 Å². The van der Waals surface area contributed by atoms with Gasteiger partial charge in [0.2, 0.25) is 0 Å². The van der Waals surface area contributed by atoms with Gasteiger partial charge in [0.15, 0.2) is 16.8 Å². The van der Waals surface area contributed by atoms with Gasteiger partial charge in [-0.05, 0) is 43.8 Å². The van der Waals surface area contributed by atoms with Gasteiger partial charge in [-0.25, -0.2) is 0 Å². The van der Waals surface area contributed by atoms with Gasteiger partial charge in [-0.15, -0.1) is 0 Å². The maximum Gasteiger partial charge on any atom is 0.198 e. The summed E-state index contributed by atoms with van der Waals surface area (Å²) in [6.07, 6.45) is 2.60. The third kappa shape index (κ3) is 5.17. The molecule has 0 aliphatic heterocycles. The standard InChI is InChI=1S/C16H41N3Si2/c1-8-15-20(13-6,17-10-3)19(12-5)21(14-7,16-9-2)18-11-4/h17-18H,8-16H2,1-7H3. The highest BCUT2D eigenvalue weighted by atomic mass is 28.4. The van der Waals surface area contributed by atoms with Crippen molar-refractivity contribution in [1.82, 2.24) is 14.2 Å². The lowest BCUT2D eigenvalue weighted by atomic mass is 10.6. The molecule has 0 rings (SSSR count). The first-order chi connectivity index (χ1) is 10.1. The van der Waals surface area contributed by atoms with Gasteiger partial charge in [-0.3, -0.25) is 0 Å². The summed E-state index contributed by atoms with van der Waals surface area (Å²) in [7, 11) is -3.09. The van der Waals surface area contributed by atoms with Gasteiger partial charge in [0, 0.05) is 0 Å². The van der Waals surface area contributed by atoms with Crippen molar-refractivity contribution in [3.8, 4) is 0 Å². The summed E-state index contributed by atoms with van der Waals surface area (Å²) >= 11 is 0. The van der Waals surface area contributed by atoms with Crippen LogP contribution in [0.15, 0.2) is 0 Å². The van der Waals surface area contributed by atoms with Crippen LogP contribution in [-0.4, -0.2) is 40.7 Å². The number of hydrogen-bond donors (Lipinski definition) is 2. The number of nitrogens with zero attached hydrogens (tertiary/aromatic N) is 1. The van der Waals surface area contributed by atoms with E-state index < -0.39 is 16.8 Å². The summed E-state index contributed by atoms with van der Waals surface area (Å²) < 4.78 is 3.01. The van der Waals surface area contributed by atoms with Crippen LogP contribution in [0.3, 0.4) is 0 Å². The van der Waals surface area contributed by atoms with Gasteiger partial charge in [-0.2, -0.15) is 0 Å². The zero-order valence-corrected chi connectivity index (χ0v) is 17.8. The summed E-state index contributed by atoms with van der Waals surface area (Å²) in [6.45, 7) is 19.9. The Morgan fingerprint density at radius 3 is 1.24 bits per heavy atom. The predicted molar refractivity (Wildman–Crippen MR) is 102 cm³/mol. The Morgan fingerprint density at radius 1 is 0.667 bits per heavy atom. The fourth-order valence-electron chi connectivity index (χ4n) is 4.12. The van der Waals surface area contributed by atoms with E-state index in [0.29, 0.717) is 0 Å². The minimum atomic E-state index is -1.55. The predicted octanol–water partition coefficient (Wildman–Crippen LogP) is 4.27. The third-order valence-electron chi connectivity index (χ3n) is 4.86. The smallest absolute Gasteiger partial charge is 0.198 e. The molecule has 0 saturated carbocycles. The molecule has 2 atom stereocenters. The quantitative estimate of drug-likeness (QED) is 0.493. The molecule has 3 nitrogen and oxygen atoms in total. The average molecular weight is 332 g/mol. The van der Waals surface area contributed by atoms with E-state index in [-0.39, 0.29) is 0 Å². The van der Waals surface area contributed by atoms with Gasteiger partial charge in [0.1, 0.15) is 0 Å². The van der Waals surface area contributed by atoms with E-state index in [2.05, 4.69) is 62.7 Å². The van der Waals surface area contributed by atoms with Crippen molar-refractivity contribution in [1.29, 1.82) is 0 Å². The molecule has 0 radical (unpaired) electrons. The second-order valence-electron chi connectivity index (χ2n) is 6.08. The highest BCUT2D eigenvalue weighted by molar-refractivity contribution is 6.90. The molecular formula is C16H41N3Si2. The molecule has 0 aromatic rings. The van der Waals surface area contributed by atoms with E-state index in [1.165, 1.54) is 43.6 Å². The number of hydrogen-bond acceptors (Lipinski definition) is 3. The Labute approximate surface area is 136 Å². The number of nitrogens with one attached hydrogen (secondary N) is 2. The third-order valence-corrected chi connectivity index (χ3v) is 17.1. The molecule has 0 saturated heterocycles. The van der Waals surface area contributed by atoms with E-state index in [0.717, 1.165) is 13.1 Å². The first-order valence-corrected chi connectivity index (χ1v) is 14.1. The molecule has 0 fully saturated rings. The normalized spacial score (nSPS) is 17.7. The largest absolute Gasteiger partial charge is 0.326 e. The summed E-state index contributed by atoms with van der Waals surface area (Å²) in [4.78, 5) is 8.03. The molecule has 2 unspecified atom stereocenters. The van der Waals surface area contributed by atoms with E-state index in [4.69, 9.17) is 0 Å². The van der Waals surface area contributed by atoms with E-state index in [1.54, 1.807) is 0 Å². The molecule has 5 heteroatoms. The zero-order chi connectivity index (χ0) is 16.4. The minimum absolute atomic E-state index is 1.11. The second-order valence-corrected chi connectivity index (χ2v) is 14.8. The monoisotopic (exact) mass is 331 g/mol. The van der Waals surface area contributed by atoms with E-state index in [9.17, 15) is 0 Å². The Hall–Kier alpha value is 0.314. The van der Waals surface area contributed by atoms with Crippen LogP contribution in [0.2, 0.25) is 24.2 Å². The molecule has 0 aliphatic carbocycles. The Bertz CT molecular complexity index is 226. The van der Waals surface area contributed by atoms with Gasteiger partial charge in [0.05, 0.1) is 0 Å². The summed E-state index contributed by atoms with van der Waals surface area (Å²) in [5.74, 6) is 0. The van der Waals surface area contributed by atoms with Crippen molar-refractivity contribution in [3.05, 3.63) is 0 Å². The van der Waals surface area contributed by atoms with Crippen LogP contribution in [0.1, 0.15) is 61.3 Å². The fourth-order valence-corrected chi connectivity index (χ4v) is 16.9. The van der Waals surface area contributed by atoms with Gasteiger partial charge in [0.25, 0.3) is 0 Å². The molecule has 0 spiro atoms. The topological polar surface area (TPSA) is 27.3 Å². The molecule has 0 bridgehead atoms. The van der Waals surface area contributed by atoms with Crippen LogP contribution >= 0.6 is 0 Å². The van der Waals surface area contributed by atoms with Crippen LogP contribution in [0.25, 0.3) is 0 Å². The van der Waals surface area contributed by atoms with Crippen LogP contribution < -0.4 is 9.96 Å². The number of rotatable bonds is 13. The highest BCUT2D eigenvalue weighted by Crippen LogP contribution is 2.29. The summed E-state index contributed by atoms with van der Waals surface area (Å²) in [5.41, 5.74) is 0.